The van der Waals surface area contributed by atoms with Crippen LogP contribution < -0.4 is 14.8 Å². The van der Waals surface area contributed by atoms with E-state index in [2.05, 4.69) is 10.3 Å². The minimum atomic E-state index is -0.600. The number of nitrogens with zero attached hydrogens (tertiary/aromatic N) is 1. The summed E-state index contributed by atoms with van der Waals surface area (Å²) >= 11 is 0. The number of nitrogens with one attached hydrogen (secondary N) is 1. The number of ether oxygens (including phenoxy) is 3. The van der Waals surface area contributed by atoms with Crippen molar-refractivity contribution in [2.75, 3.05) is 19.5 Å². The summed E-state index contributed by atoms with van der Waals surface area (Å²) in [7, 11) is 3.02. The van der Waals surface area contributed by atoms with Gasteiger partial charge in [-0.1, -0.05) is 0 Å². The zero-order valence-corrected chi connectivity index (χ0v) is 12.5. The first kappa shape index (κ1) is 14.2. The zero-order valence-electron chi connectivity index (χ0n) is 12.5. The van der Waals surface area contributed by atoms with Crippen molar-refractivity contribution in [2.24, 2.45) is 0 Å². The Bertz CT molecular complexity index is 730. The Labute approximate surface area is 128 Å². The number of carbonyl (C=O) groups is 1. The Balaban J connectivity index is 1.98. The molecule has 114 valence electrons. The predicted octanol–water partition coefficient (Wildman–Crippen LogP) is 2.69. The number of methoxy groups -OCH3 is 2. The van der Waals surface area contributed by atoms with Crippen LogP contribution in [0, 0.1) is 6.92 Å². The Morgan fingerprint density at radius 3 is 2.73 bits per heavy atom. The van der Waals surface area contributed by atoms with Crippen molar-refractivity contribution in [1.29, 1.82) is 0 Å². The summed E-state index contributed by atoms with van der Waals surface area (Å²) in [4.78, 5) is 16.4. The zero-order chi connectivity index (χ0) is 15.7. The molecule has 3 rings (SSSR count). The third-order valence-corrected chi connectivity index (χ3v) is 3.48. The van der Waals surface area contributed by atoms with Gasteiger partial charge in [0.2, 0.25) is 6.23 Å². The maximum atomic E-state index is 12.2. The van der Waals surface area contributed by atoms with E-state index < -0.39 is 12.2 Å². The van der Waals surface area contributed by atoms with Gasteiger partial charge in [-0.2, -0.15) is 0 Å². The van der Waals surface area contributed by atoms with Gasteiger partial charge in [0, 0.05) is 11.8 Å². The van der Waals surface area contributed by atoms with Crippen LogP contribution in [-0.2, 0) is 4.74 Å². The number of rotatable bonds is 4. The molecule has 0 saturated carbocycles. The topological polar surface area (TPSA) is 69.7 Å². The Kier molecular flexibility index (Phi) is 3.58. The predicted molar refractivity (Wildman–Crippen MR) is 80.3 cm³/mol. The van der Waals surface area contributed by atoms with Crippen LogP contribution in [0.15, 0.2) is 30.5 Å². The molecule has 0 spiro atoms. The van der Waals surface area contributed by atoms with Gasteiger partial charge >= 0.3 is 5.97 Å². The van der Waals surface area contributed by atoms with E-state index >= 15 is 0 Å². The number of benzene rings is 1. The van der Waals surface area contributed by atoms with Crippen LogP contribution in [0.25, 0.3) is 0 Å². The summed E-state index contributed by atoms with van der Waals surface area (Å²) in [5, 5.41) is 3.11. The van der Waals surface area contributed by atoms with E-state index in [1.165, 1.54) is 14.2 Å². The van der Waals surface area contributed by atoms with Crippen molar-refractivity contribution in [3.8, 4) is 11.5 Å². The molecular formula is C16H16N2O4. The molecule has 0 amide bonds. The van der Waals surface area contributed by atoms with Crippen LogP contribution >= 0.6 is 0 Å². The molecule has 1 aromatic carbocycles. The number of hydrogen-bond acceptors (Lipinski definition) is 6. The second-order valence-corrected chi connectivity index (χ2v) is 4.91. The molecule has 0 saturated heterocycles. The van der Waals surface area contributed by atoms with Crippen LogP contribution in [0.5, 0.6) is 11.5 Å². The Morgan fingerprint density at radius 1 is 1.23 bits per heavy atom. The van der Waals surface area contributed by atoms with Gasteiger partial charge in [0.1, 0.15) is 11.4 Å². The fraction of sp³-hybridized carbons (Fsp3) is 0.250. The summed E-state index contributed by atoms with van der Waals surface area (Å²) in [6, 6.07) is 7.31. The van der Waals surface area contributed by atoms with Crippen LogP contribution in [0.1, 0.15) is 27.7 Å². The molecular weight excluding hydrogens is 284 g/mol. The van der Waals surface area contributed by atoms with E-state index in [9.17, 15) is 4.79 Å². The second kappa shape index (κ2) is 5.55. The van der Waals surface area contributed by atoms with Crippen molar-refractivity contribution in [3.05, 3.63) is 47.2 Å². The number of hydrogen-bond donors (Lipinski definition) is 1. The molecule has 2 aromatic rings. The molecule has 0 radical (unpaired) electrons. The van der Waals surface area contributed by atoms with Crippen LogP contribution in [-0.4, -0.2) is 25.2 Å². The van der Waals surface area contributed by atoms with Crippen LogP contribution in [0.2, 0.25) is 0 Å². The van der Waals surface area contributed by atoms with Gasteiger partial charge in [-0.3, -0.25) is 0 Å². The van der Waals surface area contributed by atoms with Gasteiger partial charge in [0.05, 0.1) is 14.2 Å². The fourth-order valence-electron chi connectivity index (χ4n) is 2.46. The van der Waals surface area contributed by atoms with Gasteiger partial charge < -0.3 is 19.5 Å². The molecule has 2 heterocycles. The molecule has 1 N–H and O–H groups in total. The maximum absolute atomic E-state index is 12.2. The highest BCUT2D eigenvalue weighted by Gasteiger charge is 2.36. The minimum Gasteiger partial charge on any atom is -0.493 e. The number of fused-ring (bicyclic) bond motifs is 1. The molecule has 0 unspecified atom stereocenters. The van der Waals surface area contributed by atoms with E-state index in [0.29, 0.717) is 28.4 Å². The van der Waals surface area contributed by atoms with Gasteiger partial charge in [0.25, 0.3) is 0 Å². The third-order valence-electron chi connectivity index (χ3n) is 3.48. The standard InChI is InChI=1S/C16H16N2O4/c1-9-6-7-17-12(8-9)18-15-10-4-5-11(20-2)14(21-3)13(10)16(19)22-15/h4-8,15H,1-3H3,(H,17,18)/t15-/m0/s1. The van der Waals surface area contributed by atoms with Gasteiger partial charge in [-0.15, -0.1) is 0 Å². The van der Waals surface area contributed by atoms with Gasteiger partial charge in [0.15, 0.2) is 11.5 Å². The molecule has 1 aromatic heterocycles. The maximum Gasteiger partial charge on any atom is 0.344 e. The number of esters is 1. The molecule has 1 aliphatic rings. The van der Waals surface area contributed by atoms with E-state index in [1.807, 2.05) is 19.1 Å². The first-order chi connectivity index (χ1) is 10.6. The lowest BCUT2D eigenvalue weighted by molar-refractivity contribution is 0.0434. The SMILES string of the molecule is COc1ccc2c(c1OC)C(=O)O[C@@H]2Nc1cc(C)ccn1. The smallest absolute Gasteiger partial charge is 0.344 e. The fourth-order valence-corrected chi connectivity index (χ4v) is 2.46. The van der Waals surface area contributed by atoms with E-state index in [0.717, 1.165) is 5.56 Å². The molecule has 1 atom stereocenters. The van der Waals surface area contributed by atoms with Crippen LogP contribution in [0.3, 0.4) is 0 Å². The van der Waals surface area contributed by atoms with E-state index in [1.54, 1.807) is 18.3 Å². The van der Waals surface area contributed by atoms with Gasteiger partial charge in [-0.25, -0.2) is 9.78 Å². The number of aryl methyl sites for hydroxylation is 1. The summed E-state index contributed by atoms with van der Waals surface area (Å²) < 4.78 is 15.9. The molecule has 1 aliphatic heterocycles. The number of aromatic nitrogens is 1. The Morgan fingerprint density at radius 2 is 2.05 bits per heavy atom. The van der Waals surface area contributed by atoms with E-state index in [4.69, 9.17) is 14.2 Å². The highest BCUT2D eigenvalue weighted by Crippen LogP contribution is 2.41. The average molecular weight is 300 g/mol. The molecule has 0 bridgehead atoms. The highest BCUT2D eigenvalue weighted by molar-refractivity contribution is 5.98. The average Bonchev–Trinajstić information content (AvgIpc) is 2.82. The van der Waals surface area contributed by atoms with E-state index in [-0.39, 0.29) is 0 Å². The molecule has 0 aliphatic carbocycles. The lowest BCUT2D eigenvalue weighted by Gasteiger charge is -2.14. The van der Waals surface area contributed by atoms with Crippen molar-refractivity contribution in [2.45, 2.75) is 13.2 Å². The molecule has 6 heteroatoms. The van der Waals surface area contributed by atoms with Crippen molar-refractivity contribution < 1.29 is 19.0 Å². The molecule has 22 heavy (non-hydrogen) atoms. The summed E-state index contributed by atoms with van der Waals surface area (Å²) in [6.45, 7) is 1.97. The largest absolute Gasteiger partial charge is 0.493 e. The first-order valence-corrected chi connectivity index (χ1v) is 6.79. The lowest BCUT2D eigenvalue weighted by atomic mass is 10.1. The Hall–Kier alpha value is -2.76. The van der Waals surface area contributed by atoms with Crippen molar-refractivity contribution >= 4 is 11.8 Å². The van der Waals surface area contributed by atoms with Crippen LogP contribution in [0.4, 0.5) is 5.82 Å². The minimum absolute atomic E-state index is 0.381. The molecule has 6 nitrogen and oxygen atoms in total. The number of cyclic esters (lactones) is 1. The molecule has 0 fully saturated rings. The number of anilines is 1. The number of pyridine rings is 1. The summed E-state index contributed by atoms with van der Waals surface area (Å²) in [5.41, 5.74) is 2.15. The number of carbonyl (C=O) groups excluding carboxylic acids is 1. The third kappa shape index (κ3) is 2.32. The quantitative estimate of drug-likeness (QED) is 0.875. The highest BCUT2D eigenvalue weighted by atomic mass is 16.6. The second-order valence-electron chi connectivity index (χ2n) is 4.91. The summed E-state index contributed by atoms with van der Waals surface area (Å²) in [5.74, 6) is 1.07. The first-order valence-electron chi connectivity index (χ1n) is 6.79. The summed E-state index contributed by atoms with van der Waals surface area (Å²) in [6.07, 6.45) is 1.10. The van der Waals surface area contributed by atoms with Gasteiger partial charge in [-0.05, 0) is 36.8 Å². The van der Waals surface area contributed by atoms with Crippen molar-refractivity contribution in [1.82, 2.24) is 4.98 Å². The normalized spacial score (nSPS) is 16.0. The lowest BCUT2D eigenvalue weighted by Crippen LogP contribution is -2.11. The monoisotopic (exact) mass is 300 g/mol. The van der Waals surface area contributed by atoms with Crippen molar-refractivity contribution in [3.63, 3.8) is 0 Å².